The van der Waals surface area contributed by atoms with Crippen LogP contribution in [0.2, 0.25) is 0 Å². The van der Waals surface area contributed by atoms with Crippen molar-refractivity contribution in [2.45, 2.75) is 25.5 Å². The van der Waals surface area contributed by atoms with Gasteiger partial charge in [0.2, 0.25) is 0 Å². The number of amides is 2. The normalized spacial score (nSPS) is 18.2. The molecule has 2 aromatic rings. The Morgan fingerprint density at radius 3 is 2.91 bits per heavy atom. The second kappa shape index (κ2) is 11.3. The Balaban J connectivity index is 0.000000913. The van der Waals surface area contributed by atoms with Gasteiger partial charge in [0.25, 0.3) is 18.3 Å². The van der Waals surface area contributed by atoms with Crippen LogP contribution in [0.4, 0.5) is 0 Å². The maximum absolute atomic E-state index is 12.8. The number of ether oxygens (including phenoxy) is 1. The number of rotatable bonds is 5. The minimum absolute atomic E-state index is 0.00170. The molecule has 3 N–H and O–H groups in total. The molecule has 1 atom stereocenters. The Bertz CT molecular complexity index is 919. The first-order chi connectivity index (χ1) is 15.5. The summed E-state index contributed by atoms with van der Waals surface area (Å²) in [4.78, 5) is 41.8. The van der Waals surface area contributed by atoms with Crippen molar-refractivity contribution in [3.05, 3.63) is 47.0 Å². The fraction of sp³-hybridized carbons (Fsp3) is 0.476. The first-order valence-electron chi connectivity index (χ1n) is 10.4. The van der Waals surface area contributed by atoms with Crippen LogP contribution in [0.5, 0.6) is 0 Å². The lowest BCUT2D eigenvalue weighted by molar-refractivity contribution is -0.149. The third kappa shape index (κ3) is 5.89. The number of carbonyl (C=O) groups is 3. The molecule has 0 bridgehead atoms. The van der Waals surface area contributed by atoms with Crippen molar-refractivity contribution in [3.8, 4) is 0 Å². The Morgan fingerprint density at radius 2 is 2.19 bits per heavy atom. The second-order valence-corrected chi connectivity index (χ2v) is 7.59. The average Bonchev–Trinajstić information content (AvgIpc) is 3.23. The summed E-state index contributed by atoms with van der Waals surface area (Å²) in [5, 5.41) is 17.0. The molecule has 11 heteroatoms. The molecular weight excluding hydrogens is 416 g/mol. The number of carbonyl (C=O) groups excluding carboxylic acids is 2. The topological polar surface area (TPSA) is 141 Å². The second-order valence-electron chi connectivity index (χ2n) is 7.59. The number of hydrogen-bond acceptors (Lipinski definition) is 7. The highest BCUT2D eigenvalue weighted by atomic mass is 16.5. The summed E-state index contributed by atoms with van der Waals surface area (Å²) in [6, 6.07) is 5.73. The minimum atomic E-state index is -0.424. The maximum atomic E-state index is 12.8. The van der Waals surface area contributed by atoms with Gasteiger partial charge in [-0.05, 0) is 25.6 Å². The molecule has 0 aromatic carbocycles. The molecule has 2 aromatic heterocycles. The van der Waals surface area contributed by atoms with E-state index in [4.69, 9.17) is 14.6 Å². The average molecular weight is 444 g/mol. The summed E-state index contributed by atoms with van der Waals surface area (Å²) in [7, 11) is 1.99. The Kier molecular flexibility index (Phi) is 8.28. The number of nitrogens with one attached hydrogen (secondary N) is 2. The zero-order chi connectivity index (χ0) is 22.9. The van der Waals surface area contributed by atoms with Crippen molar-refractivity contribution in [1.29, 1.82) is 0 Å². The fourth-order valence-corrected chi connectivity index (χ4v) is 3.76. The number of pyridine rings is 1. The summed E-state index contributed by atoms with van der Waals surface area (Å²) >= 11 is 0. The van der Waals surface area contributed by atoms with Crippen LogP contribution >= 0.6 is 0 Å². The SMILES string of the molecule is CN1CCOC(C(=O)N2CCc3c(C(=O)NCCc4ccccn4)n[nH]c3C2)C1.O=CO. The Morgan fingerprint density at radius 1 is 1.38 bits per heavy atom. The number of nitrogens with zero attached hydrogens (tertiary/aromatic N) is 4. The van der Waals surface area contributed by atoms with Gasteiger partial charge in [-0.25, -0.2) is 0 Å². The first-order valence-corrected chi connectivity index (χ1v) is 10.4. The van der Waals surface area contributed by atoms with Gasteiger partial charge in [-0.15, -0.1) is 0 Å². The Hall–Kier alpha value is -3.31. The van der Waals surface area contributed by atoms with E-state index in [2.05, 4.69) is 25.4 Å². The van der Waals surface area contributed by atoms with Crippen molar-refractivity contribution < 1.29 is 24.2 Å². The maximum Gasteiger partial charge on any atom is 0.290 e. The molecular formula is C21H28N6O5. The van der Waals surface area contributed by atoms with Crippen LogP contribution in [0.25, 0.3) is 0 Å². The summed E-state index contributed by atoms with van der Waals surface area (Å²) in [6.45, 7) is 3.24. The van der Waals surface area contributed by atoms with Crippen LogP contribution in [-0.4, -0.2) is 94.3 Å². The summed E-state index contributed by atoms with van der Waals surface area (Å²) in [5.41, 5.74) is 3.07. The summed E-state index contributed by atoms with van der Waals surface area (Å²) in [5.74, 6) is -0.200. The highest BCUT2D eigenvalue weighted by molar-refractivity contribution is 5.94. The highest BCUT2D eigenvalue weighted by Crippen LogP contribution is 2.21. The van der Waals surface area contributed by atoms with E-state index in [0.29, 0.717) is 51.3 Å². The van der Waals surface area contributed by atoms with Gasteiger partial charge in [0.1, 0.15) is 6.10 Å². The monoisotopic (exact) mass is 444 g/mol. The summed E-state index contributed by atoms with van der Waals surface area (Å²) < 4.78 is 5.65. The quantitative estimate of drug-likeness (QED) is 0.534. The zero-order valence-corrected chi connectivity index (χ0v) is 18.0. The fourth-order valence-electron chi connectivity index (χ4n) is 3.76. The zero-order valence-electron chi connectivity index (χ0n) is 18.0. The van der Waals surface area contributed by atoms with E-state index < -0.39 is 6.10 Å². The van der Waals surface area contributed by atoms with E-state index in [9.17, 15) is 9.59 Å². The lowest BCUT2D eigenvalue weighted by Crippen LogP contribution is -2.50. The van der Waals surface area contributed by atoms with Gasteiger partial charge in [-0.3, -0.25) is 24.5 Å². The highest BCUT2D eigenvalue weighted by Gasteiger charge is 2.33. The number of likely N-dealkylation sites (N-methyl/N-ethyl adjacent to an activating group) is 1. The number of aromatic amines is 1. The molecule has 0 aliphatic carbocycles. The molecule has 172 valence electrons. The number of morpholine rings is 1. The van der Waals surface area contributed by atoms with E-state index in [1.54, 1.807) is 11.1 Å². The number of hydrogen-bond donors (Lipinski definition) is 3. The molecule has 2 aliphatic heterocycles. The van der Waals surface area contributed by atoms with Crippen molar-refractivity contribution in [3.63, 3.8) is 0 Å². The lowest BCUT2D eigenvalue weighted by Gasteiger charge is -2.34. The van der Waals surface area contributed by atoms with Gasteiger partial charge in [-0.2, -0.15) is 5.10 Å². The molecule has 2 aliphatic rings. The van der Waals surface area contributed by atoms with E-state index in [1.807, 2.05) is 25.2 Å². The third-order valence-electron chi connectivity index (χ3n) is 5.40. The molecule has 0 radical (unpaired) electrons. The molecule has 32 heavy (non-hydrogen) atoms. The van der Waals surface area contributed by atoms with Gasteiger partial charge >= 0.3 is 0 Å². The number of carboxylic acid groups (broad SMARTS) is 1. The van der Waals surface area contributed by atoms with Crippen LogP contribution in [0.3, 0.4) is 0 Å². The minimum Gasteiger partial charge on any atom is -0.483 e. The summed E-state index contributed by atoms with van der Waals surface area (Å²) in [6.07, 6.45) is 2.58. The first kappa shape index (κ1) is 23.4. The molecule has 2 amide bonds. The van der Waals surface area contributed by atoms with Gasteiger partial charge in [0.05, 0.1) is 18.8 Å². The van der Waals surface area contributed by atoms with Crippen LogP contribution in [0.1, 0.15) is 27.4 Å². The van der Waals surface area contributed by atoms with Gasteiger partial charge in [0, 0.05) is 50.1 Å². The number of H-pyrrole nitrogens is 1. The van der Waals surface area contributed by atoms with Crippen LogP contribution in [-0.2, 0) is 33.7 Å². The van der Waals surface area contributed by atoms with Gasteiger partial charge < -0.3 is 25.0 Å². The predicted molar refractivity (Wildman–Crippen MR) is 114 cm³/mol. The standard InChI is InChI=1S/C20H26N6O3.CH2O2/c1-25-10-11-29-17(13-25)20(28)26-9-6-15-16(12-26)23-24-18(15)19(27)22-8-5-14-4-2-3-7-21-14;2-1-3/h2-4,7,17H,5-6,8-13H2,1H3,(H,22,27)(H,23,24);1H,(H,2,3). The van der Waals surface area contributed by atoms with Crippen molar-refractivity contribution in [1.82, 2.24) is 30.3 Å². The van der Waals surface area contributed by atoms with Crippen LogP contribution in [0, 0.1) is 0 Å². The molecule has 4 heterocycles. The molecule has 1 fully saturated rings. The van der Waals surface area contributed by atoms with Gasteiger partial charge in [-0.1, -0.05) is 6.07 Å². The van der Waals surface area contributed by atoms with E-state index in [0.717, 1.165) is 23.5 Å². The molecule has 1 unspecified atom stereocenters. The van der Waals surface area contributed by atoms with Crippen LogP contribution < -0.4 is 5.32 Å². The molecule has 0 saturated carbocycles. The van der Waals surface area contributed by atoms with E-state index in [1.165, 1.54) is 0 Å². The molecule has 4 rings (SSSR count). The number of aromatic nitrogens is 3. The van der Waals surface area contributed by atoms with Gasteiger partial charge in [0.15, 0.2) is 5.69 Å². The Labute approximate surface area is 185 Å². The molecule has 11 nitrogen and oxygen atoms in total. The van der Waals surface area contributed by atoms with Crippen molar-refractivity contribution in [2.75, 3.05) is 39.8 Å². The molecule has 0 spiro atoms. The van der Waals surface area contributed by atoms with Crippen LogP contribution in [0.15, 0.2) is 24.4 Å². The van der Waals surface area contributed by atoms with E-state index >= 15 is 0 Å². The van der Waals surface area contributed by atoms with Crippen molar-refractivity contribution in [2.24, 2.45) is 0 Å². The lowest BCUT2D eigenvalue weighted by atomic mass is 10.0. The van der Waals surface area contributed by atoms with Crippen molar-refractivity contribution >= 4 is 18.3 Å². The smallest absolute Gasteiger partial charge is 0.290 e. The molecule has 1 saturated heterocycles. The predicted octanol–water partition coefficient (Wildman–Crippen LogP) is -0.307. The largest absolute Gasteiger partial charge is 0.483 e. The van der Waals surface area contributed by atoms with E-state index in [-0.39, 0.29) is 18.3 Å². The third-order valence-corrected chi connectivity index (χ3v) is 5.40. The number of fused-ring (bicyclic) bond motifs is 1.